The van der Waals surface area contributed by atoms with Gasteiger partial charge in [-0.05, 0) is 42.0 Å². The van der Waals surface area contributed by atoms with Crippen LogP contribution in [0.2, 0.25) is 5.02 Å². The van der Waals surface area contributed by atoms with Crippen molar-refractivity contribution >= 4 is 35.2 Å². The van der Waals surface area contributed by atoms with Gasteiger partial charge in [-0.15, -0.1) is 11.8 Å². The lowest BCUT2D eigenvalue weighted by molar-refractivity contribution is -0.124. The number of hydrogen-bond donors (Lipinski definition) is 1. The van der Waals surface area contributed by atoms with Gasteiger partial charge in [0, 0.05) is 22.9 Å². The van der Waals surface area contributed by atoms with Gasteiger partial charge in [-0.1, -0.05) is 23.7 Å². The van der Waals surface area contributed by atoms with Gasteiger partial charge in [0.15, 0.2) is 0 Å². The SMILES string of the molecule is COc1ccc(C(=O)N2CSC[C@H]2C(=O)NCc2ccc(Cl)cc2)cc1. The Labute approximate surface area is 161 Å². The Morgan fingerprint density at radius 1 is 1.19 bits per heavy atom. The highest BCUT2D eigenvalue weighted by Gasteiger charge is 2.34. The summed E-state index contributed by atoms with van der Waals surface area (Å²) in [6, 6.07) is 13.8. The van der Waals surface area contributed by atoms with E-state index in [2.05, 4.69) is 5.32 Å². The van der Waals surface area contributed by atoms with Gasteiger partial charge < -0.3 is 15.0 Å². The average molecular weight is 391 g/mol. The number of halogens is 1. The summed E-state index contributed by atoms with van der Waals surface area (Å²) in [6.07, 6.45) is 0. The van der Waals surface area contributed by atoms with E-state index in [4.69, 9.17) is 16.3 Å². The maximum atomic E-state index is 12.8. The third-order valence-electron chi connectivity index (χ3n) is 4.16. The summed E-state index contributed by atoms with van der Waals surface area (Å²) in [4.78, 5) is 26.9. The molecule has 1 atom stereocenters. The largest absolute Gasteiger partial charge is 0.497 e. The molecule has 1 aliphatic heterocycles. The van der Waals surface area contributed by atoms with Crippen molar-refractivity contribution in [3.05, 3.63) is 64.7 Å². The normalized spacial score (nSPS) is 16.4. The minimum Gasteiger partial charge on any atom is -0.497 e. The van der Waals surface area contributed by atoms with Crippen LogP contribution in [0.25, 0.3) is 0 Å². The molecule has 5 nitrogen and oxygen atoms in total. The van der Waals surface area contributed by atoms with Crippen LogP contribution in [0, 0.1) is 0 Å². The van der Waals surface area contributed by atoms with Crippen molar-refractivity contribution in [2.24, 2.45) is 0 Å². The minimum absolute atomic E-state index is 0.146. The number of carbonyl (C=O) groups excluding carboxylic acids is 2. The molecule has 7 heteroatoms. The second-order valence-corrected chi connectivity index (χ2v) is 7.30. The molecule has 0 radical (unpaired) electrons. The zero-order chi connectivity index (χ0) is 18.5. The van der Waals surface area contributed by atoms with Gasteiger partial charge in [-0.25, -0.2) is 0 Å². The Balaban J connectivity index is 1.63. The smallest absolute Gasteiger partial charge is 0.255 e. The monoisotopic (exact) mass is 390 g/mol. The first-order chi connectivity index (χ1) is 12.6. The number of benzene rings is 2. The van der Waals surface area contributed by atoms with E-state index in [1.807, 2.05) is 12.1 Å². The molecule has 1 N–H and O–H groups in total. The molecule has 1 aliphatic rings. The molecule has 0 saturated carbocycles. The minimum atomic E-state index is -0.470. The summed E-state index contributed by atoms with van der Waals surface area (Å²) >= 11 is 7.44. The van der Waals surface area contributed by atoms with E-state index in [-0.39, 0.29) is 11.8 Å². The maximum Gasteiger partial charge on any atom is 0.255 e. The van der Waals surface area contributed by atoms with E-state index in [1.54, 1.807) is 60.2 Å². The van der Waals surface area contributed by atoms with E-state index < -0.39 is 6.04 Å². The number of ether oxygens (including phenoxy) is 1. The van der Waals surface area contributed by atoms with Gasteiger partial charge in [0.1, 0.15) is 11.8 Å². The van der Waals surface area contributed by atoms with Gasteiger partial charge in [0.05, 0.1) is 13.0 Å². The Hall–Kier alpha value is -2.18. The lowest BCUT2D eigenvalue weighted by atomic mass is 10.1. The number of thioether (sulfide) groups is 1. The molecule has 0 spiro atoms. The van der Waals surface area contributed by atoms with Gasteiger partial charge >= 0.3 is 0 Å². The summed E-state index contributed by atoms with van der Waals surface area (Å²) < 4.78 is 5.11. The molecule has 26 heavy (non-hydrogen) atoms. The second kappa shape index (κ2) is 8.47. The van der Waals surface area contributed by atoms with Crippen LogP contribution in [0.3, 0.4) is 0 Å². The summed E-state index contributed by atoms with van der Waals surface area (Å²) in [5, 5.41) is 3.56. The first-order valence-corrected chi connectivity index (χ1v) is 9.66. The Morgan fingerprint density at radius 2 is 1.88 bits per heavy atom. The first-order valence-electron chi connectivity index (χ1n) is 8.13. The van der Waals surface area contributed by atoms with E-state index >= 15 is 0 Å². The highest BCUT2D eigenvalue weighted by Crippen LogP contribution is 2.24. The van der Waals surface area contributed by atoms with Crippen LogP contribution < -0.4 is 10.1 Å². The molecule has 2 amide bonds. The highest BCUT2D eigenvalue weighted by atomic mass is 35.5. The van der Waals surface area contributed by atoms with Crippen LogP contribution in [0.1, 0.15) is 15.9 Å². The third-order valence-corrected chi connectivity index (χ3v) is 5.43. The first kappa shape index (κ1) is 18.6. The Bertz CT molecular complexity index is 780. The number of nitrogens with one attached hydrogen (secondary N) is 1. The molecule has 0 unspecified atom stereocenters. The molecular formula is C19H19ClN2O3S. The number of methoxy groups -OCH3 is 1. The van der Waals surface area contributed by atoms with Crippen molar-refractivity contribution in [2.75, 3.05) is 18.7 Å². The standard InChI is InChI=1S/C19H19ClN2O3S/c1-25-16-8-4-14(5-9-16)19(24)22-12-26-11-17(22)18(23)21-10-13-2-6-15(20)7-3-13/h2-9,17H,10-12H2,1H3,(H,21,23)/t17-/m0/s1. The average Bonchev–Trinajstić information content (AvgIpc) is 3.16. The topological polar surface area (TPSA) is 58.6 Å². The fourth-order valence-corrected chi connectivity index (χ4v) is 3.95. The molecule has 1 saturated heterocycles. The van der Waals surface area contributed by atoms with Gasteiger partial charge in [0.2, 0.25) is 5.91 Å². The number of amides is 2. The molecule has 0 aromatic heterocycles. The van der Waals surface area contributed by atoms with E-state index in [9.17, 15) is 9.59 Å². The van der Waals surface area contributed by atoms with Crippen molar-refractivity contribution in [1.29, 1.82) is 0 Å². The van der Waals surface area contributed by atoms with Gasteiger partial charge in [0.25, 0.3) is 5.91 Å². The molecule has 1 heterocycles. The fraction of sp³-hybridized carbons (Fsp3) is 0.263. The predicted molar refractivity (Wildman–Crippen MR) is 104 cm³/mol. The predicted octanol–water partition coefficient (Wildman–Crippen LogP) is 3.18. The van der Waals surface area contributed by atoms with Gasteiger partial charge in [-0.2, -0.15) is 0 Å². The summed E-state index contributed by atoms with van der Waals surface area (Å²) in [5.74, 6) is 1.49. The van der Waals surface area contributed by atoms with Crippen LogP contribution in [-0.4, -0.2) is 41.5 Å². The summed E-state index contributed by atoms with van der Waals surface area (Å²) in [5.41, 5.74) is 1.50. The van der Waals surface area contributed by atoms with Crippen LogP contribution in [0.5, 0.6) is 5.75 Å². The van der Waals surface area contributed by atoms with Crippen LogP contribution in [0.15, 0.2) is 48.5 Å². The molecule has 1 fully saturated rings. The number of rotatable bonds is 5. The molecule has 2 aromatic rings. The summed E-state index contributed by atoms with van der Waals surface area (Å²) in [6.45, 7) is 0.404. The molecule has 2 aromatic carbocycles. The molecule has 3 rings (SSSR count). The van der Waals surface area contributed by atoms with Crippen molar-refractivity contribution in [2.45, 2.75) is 12.6 Å². The quantitative estimate of drug-likeness (QED) is 0.851. The van der Waals surface area contributed by atoms with Crippen LogP contribution in [0.4, 0.5) is 0 Å². The van der Waals surface area contributed by atoms with Crippen molar-refractivity contribution < 1.29 is 14.3 Å². The van der Waals surface area contributed by atoms with Crippen LogP contribution >= 0.6 is 23.4 Å². The number of hydrogen-bond acceptors (Lipinski definition) is 4. The fourth-order valence-electron chi connectivity index (χ4n) is 2.67. The van der Waals surface area contributed by atoms with Crippen molar-refractivity contribution in [3.8, 4) is 5.75 Å². The second-order valence-electron chi connectivity index (χ2n) is 5.86. The third kappa shape index (κ3) is 4.31. The van der Waals surface area contributed by atoms with Gasteiger partial charge in [-0.3, -0.25) is 9.59 Å². The zero-order valence-corrected chi connectivity index (χ0v) is 15.8. The number of nitrogens with zero attached hydrogens (tertiary/aromatic N) is 1. The zero-order valence-electron chi connectivity index (χ0n) is 14.3. The molecule has 0 aliphatic carbocycles. The lowest BCUT2D eigenvalue weighted by Gasteiger charge is -2.23. The van der Waals surface area contributed by atoms with Crippen LogP contribution in [-0.2, 0) is 11.3 Å². The van der Waals surface area contributed by atoms with E-state index in [0.717, 1.165) is 5.56 Å². The van der Waals surface area contributed by atoms with E-state index in [1.165, 1.54) is 0 Å². The summed E-state index contributed by atoms with van der Waals surface area (Å²) in [7, 11) is 1.58. The molecular weight excluding hydrogens is 372 g/mol. The lowest BCUT2D eigenvalue weighted by Crippen LogP contribution is -2.47. The molecule has 136 valence electrons. The molecule has 0 bridgehead atoms. The highest BCUT2D eigenvalue weighted by molar-refractivity contribution is 7.99. The van der Waals surface area contributed by atoms with Crippen molar-refractivity contribution in [3.63, 3.8) is 0 Å². The Morgan fingerprint density at radius 3 is 2.54 bits per heavy atom. The number of carbonyl (C=O) groups is 2. The maximum absolute atomic E-state index is 12.8. The van der Waals surface area contributed by atoms with E-state index in [0.29, 0.717) is 34.5 Å². The van der Waals surface area contributed by atoms with Crippen molar-refractivity contribution in [1.82, 2.24) is 10.2 Å². The Kier molecular flexibility index (Phi) is 6.06.